The van der Waals surface area contributed by atoms with Crippen molar-refractivity contribution in [3.05, 3.63) is 64.5 Å². The number of urea groups is 1. The fourth-order valence-corrected chi connectivity index (χ4v) is 4.99. The Hall–Kier alpha value is -2.90. The zero-order valence-corrected chi connectivity index (χ0v) is 19.6. The number of hydrogen-bond donors (Lipinski definition) is 2. The Bertz CT molecular complexity index is 1030. The van der Waals surface area contributed by atoms with E-state index in [1.807, 2.05) is 36.4 Å². The first-order valence-electron chi connectivity index (χ1n) is 11.3. The second-order valence-corrected chi connectivity index (χ2v) is 9.24. The van der Waals surface area contributed by atoms with Crippen molar-refractivity contribution in [3.63, 3.8) is 0 Å². The van der Waals surface area contributed by atoms with Crippen LogP contribution in [0.5, 0.6) is 0 Å². The number of piperazine rings is 1. The Labute approximate surface area is 194 Å². The van der Waals surface area contributed by atoms with Gasteiger partial charge in [-0.3, -0.25) is 0 Å². The number of para-hydroxylation sites is 2. The smallest absolute Gasteiger partial charge is 0.319 e. The van der Waals surface area contributed by atoms with E-state index in [0.29, 0.717) is 13.0 Å². The number of aromatic nitrogens is 1. The van der Waals surface area contributed by atoms with Crippen molar-refractivity contribution >= 4 is 28.7 Å². The molecule has 2 heterocycles. The summed E-state index contributed by atoms with van der Waals surface area (Å²) in [5.74, 6) is 0. The molecule has 4 rings (SSSR count). The predicted molar refractivity (Wildman–Crippen MR) is 134 cm³/mol. The van der Waals surface area contributed by atoms with Crippen LogP contribution in [0.2, 0.25) is 0 Å². The van der Waals surface area contributed by atoms with Crippen LogP contribution in [-0.2, 0) is 6.42 Å². The summed E-state index contributed by atoms with van der Waals surface area (Å²) < 4.78 is 0. The maximum Gasteiger partial charge on any atom is 0.319 e. The molecule has 32 heavy (non-hydrogen) atoms. The quantitative estimate of drug-likeness (QED) is 0.552. The van der Waals surface area contributed by atoms with Crippen molar-refractivity contribution in [1.82, 2.24) is 15.2 Å². The molecule has 2 aromatic carbocycles. The number of carbonyl (C=O) groups is 1. The van der Waals surface area contributed by atoms with Crippen LogP contribution < -0.4 is 15.5 Å². The fourth-order valence-electron chi connectivity index (χ4n) is 4.03. The first-order valence-corrected chi connectivity index (χ1v) is 12.1. The molecule has 1 fully saturated rings. The minimum atomic E-state index is -0.179. The number of carbonyl (C=O) groups excluding carboxylic acids is 1. The number of benzene rings is 2. The molecular weight excluding hydrogens is 418 g/mol. The topological polar surface area (TPSA) is 60.5 Å². The molecule has 168 valence electrons. The molecule has 0 spiro atoms. The Balaban J connectivity index is 1.31. The average Bonchev–Trinajstić information content (AvgIpc) is 3.20. The molecule has 0 bridgehead atoms. The summed E-state index contributed by atoms with van der Waals surface area (Å²) >= 11 is 1.69. The van der Waals surface area contributed by atoms with Gasteiger partial charge in [0.2, 0.25) is 0 Å². The van der Waals surface area contributed by atoms with E-state index in [4.69, 9.17) is 4.98 Å². The monoisotopic (exact) mass is 449 g/mol. The number of likely N-dealkylation sites (N-methyl/N-ethyl adjacent to an activating group) is 1. The van der Waals surface area contributed by atoms with Crippen LogP contribution in [0, 0.1) is 6.92 Å². The average molecular weight is 450 g/mol. The second-order valence-electron chi connectivity index (χ2n) is 7.95. The van der Waals surface area contributed by atoms with Crippen LogP contribution in [0.3, 0.4) is 0 Å². The maximum atomic E-state index is 12.6. The molecule has 2 amide bonds. The number of aryl methyl sites for hydroxylation is 1. The molecule has 1 saturated heterocycles. The normalized spacial score (nSPS) is 14.4. The molecule has 0 saturated carbocycles. The van der Waals surface area contributed by atoms with Gasteiger partial charge >= 0.3 is 6.03 Å². The van der Waals surface area contributed by atoms with Crippen LogP contribution in [0.25, 0.3) is 11.3 Å². The number of amides is 2. The van der Waals surface area contributed by atoms with Gasteiger partial charge < -0.3 is 20.4 Å². The van der Waals surface area contributed by atoms with Gasteiger partial charge in [-0.05, 0) is 25.6 Å². The molecule has 0 atom stereocenters. The third kappa shape index (κ3) is 5.47. The van der Waals surface area contributed by atoms with Crippen molar-refractivity contribution in [2.45, 2.75) is 20.3 Å². The van der Waals surface area contributed by atoms with Crippen molar-refractivity contribution in [3.8, 4) is 11.3 Å². The van der Waals surface area contributed by atoms with Gasteiger partial charge in [-0.1, -0.05) is 49.4 Å². The summed E-state index contributed by atoms with van der Waals surface area (Å²) in [6.45, 7) is 9.98. The first-order chi connectivity index (χ1) is 15.6. The fraction of sp³-hybridized carbons (Fsp3) is 0.360. The molecule has 0 unspecified atom stereocenters. The van der Waals surface area contributed by atoms with E-state index < -0.39 is 0 Å². The van der Waals surface area contributed by atoms with E-state index in [0.717, 1.165) is 60.4 Å². The van der Waals surface area contributed by atoms with Crippen molar-refractivity contribution in [2.24, 2.45) is 0 Å². The number of nitrogens with one attached hydrogen (secondary N) is 2. The summed E-state index contributed by atoms with van der Waals surface area (Å²) in [5.41, 5.74) is 4.11. The Morgan fingerprint density at radius 2 is 1.75 bits per heavy atom. The number of nitrogens with zero attached hydrogens (tertiary/aromatic N) is 3. The number of anilines is 2. The lowest BCUT2D eigenvalue weighted by molar-refractivity contribution is 0.252. The Morgan fingerprint density at radius 1 is 1.03 bits per heavy atom. The molecule has 7 heteroatoms. The highest BCUT2D eigenvalue weighted by Gasteiger charge is 2.18. The molecular formula is C25H31N5OS. The number of hydrogen-bond acceptors (Lipinski definition) is 5. The van der Waals surface area contributed by atoms with E-state index in [9.17, 15) is 4.79 Å². The van der Waals surface area contributed by atoms with Crippen LogP contribution in [-0.4, -0.2) is 55.2 Å². The van der Waals surface area contributed by atoms with Crippen LogP contribution >= 0.6 is 11.3 Å². The van der Waals surface area contributed by atoms with Crippen molar-refractivity contribution in [2.75, 3.05) is 49.5 Å². The van der Waals surface area contributed by atoms with Crippen LogP contribution in [0.4, 0.5) is 16.2 Å². The van der Waals surface area contributed by atoms with E-state index in [-0.39, 0.29) is 6.03 Å². The lowest BCUT2D eigenvalue weighted by atomic mass is 10.1. The highest BCUT2D eigenvalue weighted by molar-refractivity contribution is 7.12. The van der Waals surface area contributed by atoms with Gasteiger partial charge in [0.1, 0.15) is 0 Å². The third-order valence-electron chi connectivity index (χ3n) is 5.82. The lowest BCUT2D eigenvalue weighted by Crippen LogP contribution is -2.46. The van der Waals surface area contributed by atoms with E-state index in [1.165, 1.54) is 4.88 Å². The van der Waals surface area contributed by atoms with Gasteiger partial charge in [0.05, 0.1) is 22.1 Å². The number of thiazole rings is 1. The summed E-state index contributed by atoms with van der Waals surface area (Å²) in [5, 5.41) is 7.06. The summed E-state index contributed by atoms with van der Waals surface area (Å²) in [7, 11) is 0. The van der Waals surface area contributed by atoms with E-state index in [2.05, 4.69) is 52.5 Å². The van der Waals surface area contributed by atoms with Crippen LogP contribution in [0.1, 0.15) is 16.8 Å². The third-order valence-corrected chi connectivity index (χ3v) is 6.86. The highest BCUT2D eigenvalue weighted by Crippen LogP contribution is 2.28. The van der Waals surface area contributed by atoms with Gasteiger partial charge in [0, 0.05) is 49.6 Å². The first kappa shape index (κ1) is 22.3. The SMILES string of the molecule is CCN1CCN(c2ccccc2NC(=O)NCCc2nc(-c3ccccc3)c(C)s2)CC1. The molecule has 1 aromatic heterocycles. The molecule has 2 N–H and O–H groups in total. The van der Waals surface area contributed by atoms with Crippen molar-refractivity contribution in [1.29, 1.82) is 0 Å². The molecule has 0 radical (unpaired) electrons. The van der Waals surface area contributed by atoms with Gasteiger partial charge in [-0.2, -0.15) is 0 Å². The minimum Gasteiger partial charge on any atom is -0.367 e. The van der Waals surface area contributed by atoms with Gasteiger partial charge in [0.25, 0.3) is 0 Å². The van der Waals surface area contributed by atoms with E-state index >= 15 is 0 Å². The summed E-state index contributed by atoms with van der Waals surface area (Å²) in [4.78, 5) is 23.4. The molecule has 1 aliphatic heterocycles. The molecule has 1 aliphatic rings. The second kappa shape index (κ2) is 10.6. The van der Waals surface area contributed by atoms with E-state index in [1.54, 1.807) is 11.3 Å². The van der Waals surface area contributed by atoms with Gasteiger partial charge in [0.15, 0.2) is 0 Å². The zero-order valence-electron chi connectivity index (χ0n) is 18.8. The minimum absolute atomic E-state index is 0.179. The number of rotatable bonds is 7. The Morgan fingerprint density at radius 3 is 2.50 bits per heavy atom. The lowest BCUT2D eigenvalue weighted by Gasteiger charge is -2.36. The molecule has 0 aliphatic carbocycles. The van der Waals surface area contributed by atoms with Gasteiger partial charge in [-0.15, -0.1) is 11.3 Å². The predicted octanol–water partition coefficient (Wildman–Crippen LogP) is 4.62. The molecule has 3 aromatic rings. The summed E-state index contributed by atoms with van der Waals surface area (Å²) in [6.07, 6.45) is 0.715. The largest absolute Gasteiger partial charge is 0.367 e. The molecule has 6 nitrogen and oxygen atoms in total. The highest BCUT2D eigenvalue weighted by atomic mass is 32.1. The van der Waals surface area contributed by atoms with Crippen molar-refractivity contribution < 1.29 is 4.79 Å². The van der Waals surface area contributed by atoms with Crippen LogP contribution in [0.15, 0.2) is 54.6 Å². The Kier molecular flexibility index (Phi) is 7.39. The van der Waals surface area contributed by atoms with Gasteiger partial charge in [-0.25, -0.2) is 9.78 Å². The standard InChI is InChI=1S/C25H31N5OS/c1-3-29-15-17-30(18-16-29)22-12-8-7-11-21(22)27-25(31)26-14-13-23-28-24(19(2)32-23)20-9-5-4-6-10-20/h4-12H,3,13-18H2,1-2H3,(H2,26,27,31). The summed E-state index contributed by atoms with van der Waals surface area (Å²) in [6, 6.07) is 18.1. The maximum absolute atomic E-state index is 12.6. The zero-order chi connectivity index (χ0) is 22.3.